The second-order valence-electron chi connectivity index (χ2n) is 3.99. The van der Waals surface area contributed by atoms with Crippen molar-refractivity contribution >= 4 is 21.5 Å². The van der Waals surface area contributed by atoms with E-state index < -0.39 is 15.9 Å². The molecule has 0 saturated carbocycles. The molecule has 0 spiro atoms. The zero-order valence-electron chi connectivity index (χ0n) is 10.9. The zero-order valence-corrected chi connectivity index (χ0v) is 11.7. The van der Waals surface area contributed by atoms with Crippen LogP contribution in [0.4, 0.5) is 15.8 Å². The van der Waals surface area contributed by atoms with Crippen LogP contribution in [0.25, 0.3) is 0 Å². The van der Waals surface area contributed by atoms with Gasteiger partial charge in [0.15, 0.2) is 5.82 Å². The molecule has 1 N–H and O–H groups in total. The minimum absolute atomic E-state index is 0.0228. The molecular formula is C13H11FN2O4S. The van der Waals surface area contributed by atoms with Crippen molar-refractivity contribution in [3.05, 3.63) is 48.3 Å². The fraction of sp³-hybridized carbons (Fsp3) is 0.0769. The lowest BCUT2D eigenvalue weighted by Gasteiger charge is -2.01. The van der Waals surface area contributed by atoms with Crippen LogP contribution in [0.3, 0.4) is 0 Å². The number of azo groups is 1. The van der Waals surface area contributed by atoms with Gasteiger partial charge in [-0.3, -0.25) is 4.55 Å². The summed E-state index contributed by atoms with van der Waals surface area (Å²) >= 11 is 0. The number of hydrogen-bond acceptors (Lipinski definition) is 5. The van der Waals surface area contributed by atoms with E-state index in [1.807, 2.05) is 0 Å². The number of methoxy groups -OCH3 is 1. The molecule has 2 aromatic carbocycles. The van der Waals surface area contributed by atoms with Gasteiger partial charge in [0.1, 0.15) is 11.4 Å². The summed E-state index contributed by atoms with van der Waals surface area (Å²) in [7, 11) is -2.82. The summed E-state index contributed by atoms with van der Waals surface area (Å²) < 4.78 is 49.0. The van der Waals surface area contributed by atoms with Crippen molar-refractivity contribution in [1.82, 2.24) is 0 Å². The minimum atomic E-state index is -4.25. The molecule has 0 aliphatic rings. The van der Waals surface area contributed by atoms with Gasteiger partial charge in [-0.05, 0) is 36.4 Å². The fourth-order valence-electron chi connectivity index (χ4n) is 1.49. The molecule has 0 aliphatic heterocycles. The Balaban J connectivity index is 2.22. The topological polar surface area (TPSA) is 88.3 Å². The van der Waals surface area contributed by atoms with Crippen molar-refractivity contribution in [3.8, 4) is 5.75 Å². The Morgan fingerprint density at radius 2 is 1.76 bits per heavy atom. The third-order valence-corrected chi connectivity index (χ3v) is 3.43. The quantitative estimate of drug-likeness (QED) is 0.691. The maximum absolute atomic E-state index is 13.6. The predicted octanol–water partition coefficient (Wildman–Crippen LogP) is 3.50. The lowest BCUT2D eigenvalue weighted by molar-refractivity contribution is 0.411. The van der Waals surface area contributed by atoms with E-state index in [9.17, 15) is 12.8 Å². The van der Waals surface area contributed by atoms with Crippen molar-refractivity contribution in [2.24, 2.45) is 10.2 Å². The van der Waals surface area contributed by atoms with Crippen molar-refractivity contribution in [2.45, 2.75) is 4.90 Å². The maximum atomic E-state index is 13.6. The minimum Gasteiger partial charge on any atom is -0.497 e. The SMILES string of the molecule is COc1ccc(N=Nc2ccc(S(=O)(=O)O)cc2)c(F)c1. The Hall–Kier alpha value is -2.32. The van der Waals surface area contributed by atoms with Gasteiger partial charge in [0, 0.05) is 6.07 Å². The summed E-state index contributed by atoms with van der Waals surface area (Å²) in [6.07, 6.45) is 0. The van der Waals surface area contributed by atoms with E-state index in [0.29, 0.717) is 11.4 Å². The summed E-state index contributed by atoms with van der Waals surface area (Å²) in [4.78, 5) is -0.253. The van der Waals surface area contributed by atoms with Crippen LogP contribution in [0, 0.1) is 5.82 Å². The molecule has 6 nitrogen and oxygen atoms in total. The average molecular weight is 310 g/mol. The molecule has 0 aromatic heterocycles. The molecule has 0 amide bonds. The normalized spacial score (nSPS) is 11.8. The lowest BCUT2D eigenvalue weighted by Crippen LogP contribution is -1.96. The highest BCUT2D eigenvalue weighted by atomic mass is 32.2. The Bertz CT molecular complexity index is 773. The van der Waals surface area contributed by atoms with Gasteiger partial charge in [0.25, 0.3) is 10.1 Å². The van der Waals surface area contributed by atoms with E-state index in [1.54, 1.807) is 6.07 Å². The first kappa shape index (κ1) is 15.1. The van der Waals surface area contributed by atoms with Gasteiger partial charge in [0.05, 0.1) is 17.7 Å². The van der Waals surface area contributed by atoms with Gasteiger partial charge in [-0.1, -0.05) is 0 Å². The molecular weight excluding hydrogens is 299 g/mol. The number of benzene rings is 2. The van der Waals surface area contributed by atoms with E-state index in [0.717, 1.165) is 0 Å². The zero-order chi connectivity index (χ0) is 15.5. The molecule has 21 heavy (non-hydrogen) atoms. The molecule has 0 saturated heterocycles. The largest absolute Gasteiger partial charge is 0.497 e. The molecule has 0 aliphatic carbocycles. The number of halogens is 1. The number of nitrogens with zero attached hydrogens (tertiary/aromatic N) is 2. The number of rotatable bonds is 4. The maximum Gasteiger partial charge on any atom is 0.294 e. The van der Waals surface area contributed by atoms with Gasteiger partial charge in [-0.25, -0.2) is 4.39 Å². The van der Waals surface area contributed by atoms with Crippen molar-refractivity contribution in [3.63, 3.8) is 0 Å². The highest BCUT2D eigenvalue weighted by molar-refractivity contribution is 7.85. The Kier molecular flexibility index (Phi) is 4.29. The molecule has 2 aromatic rings. The molecule has 0 unspecified atom stereocenters. The van der Waals surface area contributed by atoms with Gasteiger partial charge in [-0.2, -0.15) is 13.5 Å². The summed E-state index contributed by atoms with van der Waals surface area (Å²) in [5.74, 6) is -0.225. The third kappa shape index (κ3) is 3.83. The smallest absolute Gasteiger partial charge is 0.294 e. The van der Waals surface area contributed by atoms with Gasteiger partial charge >= 0.3 is 0 Å². The summed E-state index contributed by atoms with van der Waals surface area (Å²) in [5, 5.41) is 7.51. The highest BCUT2D eigenvalue weighted by Crippen LogP contribution is 2.25. The highest BCUT2D eigenvalue weighted by Gasteiger charge is 2.08. The molecule has 0 atom stereocenters. The van der Waals surface area contributed by atoms with Gasteiger partial charge in [-0.15, -0.1) is 5.11 Å². The van der Waals surface area contributed by atoms with E-state index in [4.69, 9.17) is 9.29 Å². The standard InChI is InChI=1S/C13H11FN2O4S/c1-20-10-4-7-13(12(14)8-10)16-15-9-2-5-11(6-3-9)21(17,18)19/h2-8H,1H3,(H,17,18,19). The molecule has 8 heteroatoms. The first-order valence-corrected chi connectivity index (χ1v) is 7.17. The van der Waals surface area contributed by atoms with Crippen molar-refractivity contribution < 1.29 is 22.1 Å². The van der Waals surface area contributed by atoms with Crippen LogP contribution in [0.1, 0.15) is 0 Å². The molecule has 0 heterocycles. The third-order valence-electron chi connectivity index (χ3n) is 2.56. The number of ether oxygens (including phenoxy) is 1. The van der Waals surface area contributed by atoms with Crippen molar-refractivity contribution in [2.75, 3.05) is 7.11 Å². The van der Waals surface area contributed by atoms with E-state index in [-0.39, 0.29) is 10.6 Å². The molecule has 2 rings (SSSR count). The number of hydrogen-bond donors (Lipinski definition) is 1. The van der Waals surface area contributed by atoms with Crippen LogP contribution in [0.2, 0.25) is 0 Å². The van der Waals surface area contributed by atoms with Gasteiger partial charge in [0.2, 0.25) is 0 Å². The monoisotopic (exact) mass is 310 g/mol. The van der Waals surface area contributed by atoms with Crippen LogP contribution >= 0.6 is 0 Å². The van der Waals surface area contributed by atoms with E-state index in [1.165, 1.54) is 43.5 Å². The summed E-state index contributed by atoms with van der Waals surface area (Å²) in [6, 6.07) is 9.16. The van der Waals surface area contributed by atoms with Crippen LogP contribution in [-0.4, -0.2) is 20.1 Å². The summed E-state index contributed by atoms with van der Waals surface area (Å²) in [5.41, 5.74) is 0.340. The first-order chi connectivity index (χ1) is 9.90. The van der Waals surface area contributed by atoms with E-state index in [2.05, 4.69) is 10.2 Å². The average Bonchev–Trinajstić information content (AvgIpc) is 2.45. The molecule has 0 fully saturated rings. The van der Waals surface area contributed by atoms with E-state index >= 15 is 0 Å². The molecule has 110 valence electrons. The summed E-state index contributed by atoms with van der Waals surface area (Å²) in [6.45, 7) is 0. The molecule has 0 radical (unpaired) electrons. The Morgan fingerprint density at radius 1 is 1.10 bits per heavy atom. The second kappa shape index (κ2) is 5.98. The van der Waals surface area contributed by atoms with Crippen LogP contribution < -0.4 is 4.74 Å². The van der Waals surface area contributed by atoms with Crippen LogP contribution in [0.5, 0.6) is 5.75 Å². The van der Waals surface area contributed by atoms with Crippen LogP contribution in [-0.2, 0) is 10.1 Å². The Morgan fingerprint density at radius 3 is 2.29 bits per heavy atom. The molecule has 0 bridgehead atoms. The van der Waals surface area contributed by atoms with Crippen LogP contribution in [0.15, 0.2) is 57.6 Å². The lowest BCUT2D eigenvalue weighted by atomic mass is 10.3. The van der Waals surface area contributed by atoms with Crippen molar-refractivity contribution in [1.29, 1.82) is 0 Å². The van der Waals surface area contributed by atoms with Gasteiger partial charge < -0.3 is 4.74 Å². The second-order valence-corrected chi connectivity index (χ2v) is 5.41. The predicted molar refractivity (Wildman–Crippen MR) is 73.4 cm³/mol. The Labute approximate surface area is 120 Å². The fourth-order valence-corrected chi connectivity index (χ4v) is 1.97. The first-order valence-electron chi connectivity index (χ1n) is 5.73.